The molecule has 0 aliphatic rings. The number of nitrogens with zero attached hydrogens (tertiary/aromatic N) is 4. The molecule has 0 atom stereocenters. The first-order valence-corrected chi connectivity index (χ1v) is 8.47. The Hall–Kier alpha value is -2.30. The molecule has 0 spiro atoms. The van der Waals surface area contributed by atoms with E-state index in [-0.39, 0.29) is 0 Å². The van der Waals surface area contributed by atoms with Crippen LogP contribution >= 0.6 is 0 Å². The zero-order valence-corrected chi connectivity index (χ0v) is 15.5. The average Bonchev–Trinajstić information content (AvgIpc) is 2.80. The first-order chi connectivity index (χ1) is 11.5. The highest BCUT2D eigenvalue weighted by Crippen LogP contribution is 2.13. The summed E-state index contributed by atoms with van der Waals surface area (Å²) in [6.45, 7) is 5.82. The largest absolute Gasteiger partial charge is 0.356 e. The second kappa shape index (κ2) is 8.52. The predicted octanol–water partition coefficient (Wildman–Crippen LogP) is 2.68. The van der Waals surface area contributed by atoms with Crippen LogP contribution in [0, 0.1) is 13.8 Å². The number of aryl methyl sites for hydroxylation is 2. The number of rotatable bonds is 6. The van der Waals surface area contributed by atoms with Crippen molar-refractivity contribution in [1.29, 1.82) is 0 Å². The Morgan fingerprint density at radius 1 is 1.21 bits per heavy atom. The third-order valence-electron chi connectivity index (χ3n) is 4.22. The number of benzene rings is 1. The summed E-state index contributed by atoms with van der Waals surface area (Å²) >= 11 is 0. The highest BCUT2D eigenvalue weighted by Gasteiger charge is 2.09. The third-order valence-corrected chi connectivity index (χ3v) is 4.22. The Balaban J connectivity index is 1.85. The molecule has 1 heterocycles. The lowest BCUT2D eigenvalue weighted by atomic mass is 10.1. The Kier molecular flexibility index (Phi) is 6.41. The van der Waals surface area contributed by atoms with E-state index in [0.717, 1.165) is 31.0 Å². The molecule has 1 N–H and O–H groups in total. The Morgan fingerprint density at radius 2 is 1.92 bits per heavy atom. The topological polar surface area (TPSA) is 45.5 Å². The van der Waals surface area contributed by atoms with Gasteiger partial charge in [0, 0.05) is 33.4 Å². The normalized spacial score (nSPS) is 11.6. The van der Waals surface area contributed by atoms with Gasteiger partial charge in [-0.3, -0.25) is 4.68 Å². The van der Waals surface area contributed by atoms with Crippen molar-refractivity contribution in [1.82, 2.24) is 20.0 Å². The molecule has 1 aromatic heterocycles. The van der Waals surface area contributed by atoms with E-state index in [4.69, 9.17) is 4.99 Å². The van der Waals surface area contributed by atoms with Crippen LogP contribution in [0.4, 0.5) is 0 Å². The summed E-state index contributed by atoms with van der Waals surface area (Å²) in [7, 11) is 6.04. The lowest BCUT2D eigenvalue weighted by Gasteiger charge is -2.17. The molecule has 2 aromatic rings. The van der Waals surface area contributed by atoms with Crippen LogP contribution in [-0.4, -0.2) is 41.3 Å². The summed E-state index contributed by atoms with van der Waals surface area (Å²) in [5, 5.41) is 7.93. The van der Waals surface area contributed by atoms with Crippen molar-refractivity contribution in [3.63, 3.8) is 0 Å². The minimum atomic E-state index is 0.697. The van der Waals surface area contributed by atoms with Crippen molar-refractivity contribution in [3.05, 3.63) is 52.8 Å². The van der Waals surface area contributed by atoms with Crippen LogP contribution in [0.3, 0.4) is 0 Å². The molecule has 1 aromatic carbocycles. The van der Waals surface area contributed by atoms with Crippen LogP contribution in [-0.2, 0) is 20.0 Å². The highest BCUT2D eigenvalue weighted by atomic mass is 15.3. The molecule has 24 heavy (non-hydrogen) atoms. The van der Waals surface area contributed by atoms with Gasteiger partial charge in [0.1, 0.15) is 0 Å². The van der Waals surface area contributed by atoms with Crippen LogP contribution in [0.5, 0.6) is 0 Å². The highest BCUT2D eigenvalue weighted by molar-refractivity contribution is 5.79. The minimum Gasteiger partial charge on any atom is -0.356 e. The average molecular weight is 327 g/mol. The molecule has 0 saturated heterocycles. The molecule has 0 radical (unpaired) electrons. The summed E-state index contributed by atoms with van der Waals surface area (Å²) in [5.74, 6) is 0.929. The second-order valence-corrected chi connectivity index (χ2v) is 6.32. The van der Waals surface area contributed by atoms with Gasteiger partial charge in [-0.05, 0) is 37.8 Å². The summed E-state index contributed by atoms with van der Waals surface area (Å²) in [6, 6.07) is 10.3. The van der Waals surface area contributed by atoms with Crippen LogP contribution in [0.15, 0.2) is 35.3 Å². The standard InChI is InChI=1S/C19H29N5/c1-15-18(16(2)24(5)22-15)12-9-13-20-19(23(3)4)21-14-17-10-7-6-8-11-17/h6-8,10-11H,9,12-14H2,1-5H3,(H,20,21). The van der Waals surface area contributed by atoms with Gasteiger partial charge in [-0.25, -0.2) is 4.99 Å². The molecular formula is C19H29N5. The summed E-state index contributed by atoms with van der Waals surface area (Å²) in [5.41, 5.74) is 4.99. The number of hydrogen-bond donors (Lipinski definition) is 1. The minimum absolute atomic E-state index is 0.697. The monoisotopic (exact) mass is 327 g/mol. The summed E-state index contributed by atoms with van der Waals surface area (Å²) in [4.78, 5) is 6.72. The zero-order valence-electron chi connectivity index (χ0n) is 15.5. The third kappa shape index (κ3) is 4.85. The van der Waals surface area contributed by atoms with Crippen molar-refractivity contribution < 1.29 is 0 Å². The first-order valence-electron chi connectivity index (χ1n) is 8.47. The summed E-state index contributed by atoms with van der Waals surface area (Å²) < 4.78 is 1.96. The van der Waals surface area contributed by atoms with Gasteiger partial charge in [0.15, 0.2) is 5.96 Å². The predicted molar refractivity (Wildman–Crippen MR) is 100 cm³/mol. The number of nitrogens with one attached hydrogen (secondary N) is 1. The van der Waals surface area contributed by atoms with E-state index in [1.807, 2.05) is 48.9 Å². The van der Waals surface area contributed by atoms with Crippen LogP contribution in [0.25, 0.3) is 0 Å². The maximum atomic E-state index is 4.69. The van der Waals surface area contributed by atoms with E-state index in [1.165, 1.54) is 16.8 Å². The van der Waals surface area contributed by atoms with E-state index in [0.29, 0.717) is 6.54 Å². The molecule has 5 nitrogen and oxygen atoms in total. The molecule has 0 fully saturated rings. The molecular weight excluding hydrogens is 298 g/mol. The lowest BCUT2D eigenvalue weighted by Crippen LogP contribution is -2.37. The number of guanidine groups is 1. The Labute approximate surface area is 145 Å². The Morgan fingerprint density at radius 3 is 2.50 bits per heavy atom. The molecule has 0 amide bonds. The van der Waals surface area contributed by atoms with Gasteiger partial charge in [0.2, 0.25) is 0 Å². The molecule has 130 valence electrons. The zero-order chi connectivity index (χ0) is 17.5. The maximum absolute atomic E-state index is 4.69. The molecule has 0 unspecified atom stereocenters. The number of aromatic nitrogens is 2. The van der Waals surface area contributed by atoms with Crippen molar-refractivity contribution in [3.8, 4) is 0 Å². The molecule has 0 aliphatic heterocycles. The van der Waals surface area contributed by atoms with Gasteiger partial charge in [0.05, 0.1) is 12.2 Å². The van der Waals surface area contributed by atoms with Gasteiger partial charge < -0.3 is 10.2 Å². The fourth-order valence-corrected chi connectivity index (χ4v) is 2.75. The summed E-state index contributed by atoms with van der Waals surface area (Å²) in [6.07, 6.45) is 2.10. The van der Waals surface area contributed by atoms with E-state index in [9.17, 15) is 0 Å². The fraction of sp³-hybridized carbons (Fsp3) is 0.474. The fourth-order valence-electron chi connectivity index (χ4n) is 2.75. The van der Waals surface area contributed by atoms with Crippen LogP contribution < -0.4 is 5.32 Å². The quantitative estimate of drug-likeness (QED) is 0.504. The second-order valence-electron chi connectivity index (χ2n) is 6.32. The molecule has 0 bridgehead atoms. The van der Waals surface area contributed by atoms with Crippen molar-refractivity contribution in [2.75, 3.05) is 20.6 Å². The molecule has 0 aliphatic carbocycles. The van der Waals surface area contributed by atoms with Gasteiger partial charge >= 0.3 is 0 Å². The van der Waals surface area contributed by atoms with Crippen molar-refractivity contribution in [2.45, 2.75) is 33.2 Å². The van der Waals surface area contributed by atoms with Gasteiger partial charge in [-0.1, -0.05) is 30.3 Å². The van der Waals surface area contributed by atoms with Gasteiger partial charge in [-0.2, -0.15) is 5.10 Å². The number of aliphatic imine (C=N–C) groups is 1. The van der Waals surface area contributed by atoms with Gasteiger partial charge in [-0.15, -0.1) is 0 Å². The van der Waals surface area contributed by atoms with E-state index >= 15 is 0 Å². The smallest absolute Gasteiger partial charge is 0.193 e. The number of hydrogen-bond acceptors (Lipinski definition) is 2. The van der Waals surface area contributed by atoms with Crippen LogP contribution in [0.2, 0.25) is 0 Å². The Bertz CT molecular complexity index is 671. The maximum Gasteiger partial charge on any atom is 0.193 e. The van der Waals surface area contributed by atoms with Crippen molar-refractivity contribution in [2.24, 2.45) is 12.0 Å². The molecule has 5 heteroatoms. The molecule has 2 rings (SSSR count). The van der Waals surface area contributed by atoms with Crippen molar-refractivity contribution >= 4 is 5.96 Å². The van der Waals surface area contributed by atoms with Gasteiger partial charge in [0.25, 0.3) is 0 Å². The van der Waals surface area contributed by atoms with Crippen LogP contribution in [0.1, 0.15) is 28.9 Å². The SMILES string of the molecule is Cc1nn(C)c(C)c1CCCNC(=NCc1ccccc1)N(C)C. The van der Waals surface area contributed by atoms with E-state index in [1.54, 1.807) is 0 Å². The van der Waals surface area contributed by atoms with E-state index < -0.39 is 0 Å². The first kappa shape index (κ1) is 18.0. The lowest BCUT2D eigenvalue weighted by molar-refractivity contribution is 0.574. The van der Waals surface area contributed by atoms with E-state index in [2.05, 4.69) is 36.4 Å². The molecule has 0 saturated carbocycles.